The van der Waals surface area contributed by atoms with E-state index in [1.54, 1.807) is 22.4 Å². The van der Waals surface area contributed by atoms with Crippen molar-refractivity contribution in [3.8, 4) is 0 Å². The van der Waals surface area contributed by atoms with Gasteiger partial charge in [0.25, 0.3) is 0 Å². The normalized spacial score (nSPS) is 19.5. The lowest BCUT2D eigenvalue weighted by molar-refractivity contribution is -0.137. The molecule has 116 valence electrons. The lowest BCUT2D eigenvalue weighted by Crippen LogP contribution is -2.39. The molecule has 6 nitrogen and oxygen atoms in total. The Labute approximate surface area is 128 Å². The fourth-order valence-electron chi connectivity index (χ4n) is 2.49. The van der Waals surface area contributed by atoms with Crippen molar-refractivity contribution in [2.75, 3.05) is 13.1 Å². The molecule has 21 heavy (non-hydrogen) atoms. The highest BCUT2D eigenvalue weighted by molar-refractivity contribution is 7.11. The molecule has 2 heterocycles. The Hall–Kier alpha value is -1.63. The van der Waals surface area contributed by atoms with Crippen molar-refractivity contribution < 1.29 is 14.7 Å². The standard InChI is InChI=1S/C14H21N3O3S/c1-9-7-15-13(21-9)10(2)16-14(20)17-6-5-11(8-17)3-4-12(18)19/h7,10-11H,3-6,8H2,1-2H3,(H,16,20)(H,18,19). The van der Waals surface area contributed by atoms with E-state index in [-0.39, 0.29) is 18.5 Å². The van der Waals surface area contributed by atoms with E-state index in [0.717, 1.165) is 16.3 Å². The van der Waals surface area contributed by atoms with E-state index in [4.69, 9.17) is 5.11 Å². The zero-order chi connectivity index (χ0) is 15.4. The molecule has 2 N–H and O–H groups in total. The minimum Gasteiger partial charge on any atom is -0.481 e. The third-order valence-corrected chi connectivity index (χ3v) is 4.78. The van der Waals surface area contributed by atoms with Crippen LogP contribution in [0.15, 0.2) is 6.20 Å². The number of nitrogens with one attached hydrogen (secondary N) is 1. The molecule has 1 fully saturated rings. The summed E-state index contributed by atoms with van der Waals surface area (Å²) >= 11 is 1.58. The van der Waals surface area contributed by atoms with Crippen LogP contribution in [0, 0.1) is 12.8 Å². The van der Waals surface area contributed by atoms with Gasteiger partial charge in [-0.1, -0.05) is 0 Å². The SMILES string of the molecule is Cc1cnc(C(C)NC(=O)N2CCC(CCC(=O)O)C2)s1. The minimum absolute atomic E-state index is 0.0896. The Kier molecular flexibility index (Phi) is 5.17. The first-order valence-electron chi connectivity index (χ1n) is 7.15. The number of carboxylic acids is 1. The number of amides is 2. The Bertz CT molecular complexity index is 517. The van der Waals surface area contributed by atoms with Crippen LogP contribution in [-0.4, -0.2) is 40.1 Å². The van der Waals surface area contributed by atoms with E-state index >= 15 is 0 Å². The molecule has 0 saturated carbocycles. The number of aliphatic carboxylic acids is 1. The topological polar surface area (TPSA) is 82.5 Å². The van der Waals surface area contributed by atoms with Crippen LogP contribution in [0.3, 0.4) is 0 Å². The van der Waals surface area contributed by atoms with E-state index < -0.39 is 5.97 Å². The van der Waals surface area contributed by atoms with Gasteiger partial charge < -0.3 is 15.3 Å². The molecule has 2 unspecified atom stereocenters. The molecule has 0 bridgehead atoms. The van der Waals surface area contributed by atoms with E-state index in [0.29, 0.717) is 25.4 Å². The summed E-state index contributed by atoms with van der Waals surface area (Å²) in [6.07, 6.45) is 3.50. The number of hydrogen-bond acceptors (Lipinski definition) is 4. The maximum atomic E-state index is 12.2. The van der Waals surface area contributed by atoms with Crippen molar-refractivity contribution in [3.63, 3.8) is 0 Å². The lowest BCUT2D eigenvalue weighted by Gasteiger charge is -2.20. The summed E-state index contributed by atoms with van der Waals surface area (Å²) in [6.45, 7) is 5.25. The first kappa shape index (κ1) is 15.8. The molecule has 2 rings (SSSR count). The number of rotatable bonds is 5. The number of urea groups is 1. The van der Waals surface area contributed by atoms with Crippen LogP contribution in [-0.2, 0) is 4.79 Å². The van der Waals surface area contributed by atoms with Crippen molar-refractivity contribution >= 4 is 23.3 Å². The lowest BCUT2D eigenvalue weighted by atomic mass is 10.0. The smallest absolute Gasteiger partial charge is 0.317 e. The first-order chi connectivity index (χ1) is 9.95. The molecule has 1 aromatic rings. The van der Waals surface area contributed by atoms with Gasteiger partial charge in [-0.15, -0.1) is 11.3 Å². The zero-order valence-corrected chi connectivity index (χ0v) is 13.2. The summed E-state index contributed by atoms with van der Waals surface area (Å²) in [6, 6.07) is -0.192. The largest absolute Gasteiger partial charge is 0.481 e. The number of nitrogens with zero attached hydrogens (tertiary/aromatic N) is 2. The summed E-state index contributed by atoms with van der Waals surface area (Å²) in [4.78, 5) is 29.9. The monoisotopic (exact) mass is 311 g/mol. The Balaban J connectivity index is 1.80. The van der Waals surface area contributed by atoms with E-state index in [2.05, 4.69) is 10.3 Å². The highest BCUT2D eigenvalue weighted by atomic mass is 32.1. The molecule has 0 aliphatic carbocycles. The van der Waals surface area contributed by atoms with Gasteiger partial charge in [0, 0.05) is 30.6 Å². The van der Waals surface area contributed by atoms with E-state index in [1.165, 1.54) is 0 Å². The fraction of sp³-hybridized carbons (Fsp3) is 0.643. The quantitative estimate of drug-likeness (QED) is 0.875. The van der Waals surface area contributed by atoms with Gasteiger partial charge >= 0.3 is 12.0 Å². The predicted molar refractivity (Wildman–Crippen MR) is 80.3 cm³/mol. The number of carbonyl (C=O) groups excluding carboxylic acids is 1. The number of aryl methyl sites for hydroxylation is 1. The first-order valence-corrected chi connectivity index (χ1v) is 7.97. The van der Waals surface area contributed by atoms with Crippen LogP contribution >= 0.6 is 11.3 Å². The third-order valence-electron chi connectivity index (χ3n) is 3.69. The predicted octanol–water partition coefficient (Wildman–Crippen LogP) is 2.41. The van der Waals surface area contributed by atoms with Crippen LogP contribution in [0.1, 0.15) is 42.1 Å². The average Bonchev–Trinajstić information content (AvgIpc) is 3.05. The van der Waals surface area contributed by atoms with Gasteiger partial charge in [-0.3, -0.25) is 4.79 Å². The Morgan fingerprint density at radius 3 is 3.00 bits per heavy atom. The van der Waals surface area contributed by atoms with Gasteiger partial charge in [0.1, 0.15) is 5.01 Å². The van der Waals surface area contributed by atoms with Gasteiger partial charge in [-0.25, -0.2) is 9.78 Å². The molecular weight excluding hydrogens is 290 g/mol. The second kappa shape index (κ2) is 6.89. The van der Waals surface area contributed by atoms with Crippen LogP contribution in [0.4, 0.5) is 4.79 Å². The summed E-state index contributed by atoms with van der Waals surface area (Å²) in [5.41, 5.74) is 0. The molecule has 1 saturated heterocycles. The molecule has 7 heteroatoms. The average molecular weight is 311 g/mol. The highest BCUT2D eigenvalue weighted by Gasteiger charge is 2.27. The number of hydrogen-bond donors (Lipinski definition) is 2. The fourth-order valence-corrected chi connectivity index (χ4v) is 3.27. The summed E-state index contributed by atoms with van der Waals surface area (Å²) in [5, 5.41) is 12.6. The van der Waals surface area contributed by atoms with Gasteiger partial charge in [0.2, 0.25) is 0 Å². The molecule has 0 spiro atoms. The molecule has 1 aliphatic rings. The van der Waals surface area contributed by atoms with Crippen molar-refractivity contribution in [2.24, 2.45) is 5.92 Å². The molecule has 2 amide bonds. The van der Waals surface area contributed by atoms with E-state index in [1.807, 2.05) is 13.8 Å². The third kappa shape index (κ3) is 4.42. The number of aromatic nitrogens is 1. The van der Waals surface area contributed by atoms with Gasteiger partial charge in [-0.05, 0) is 32.6 Å². The number of thiazole rings is 1. The van der Waals surface area contributed by atoms with Crippen molar-refractivity contribution in [3.05, 3.63) is 16.1 Å². The summed E-state index contributed by atoms with van der Waals surface area (Å²) < 4.78 is 0. The summed E-state index contributed by atoms with van der Waals surface area (Å²) in [5.74, 6) is -0.477. The maximum absolute atomic E-state index is 12.2. The van der Waals surface area contributed by atoms with Gasteiger partial charge in [0.05, 0.1) is 6.04 Å². The van der Waals surface area contributed by atoms with Gasteiger partial charge in [-0.2, -0.15) is 0 Å². The number of likely N-dealkylation sites (tertiary alicyclic amines) is 1. The molecular formula is C14H21N3O3S. The van der Waals surface area contributed by atoms with Crippen molar-refractivity contribution in [2.45, 2.75) is 39.2 Å². The Morgan fingerprint density at radius 2 is 2.38 bits per heavy atom. The highest BCUT2D eigenvalue weighted by Crippen LogP contribution is 2.23. The van der Waals surface area contributed by atoms with Crippen LogP contribution < -0.4 is 5.32 Å². The van der Waals surface area contributed by atoms with Crippen LogP contribution in [0.25, 0.3) is 0 Å². The molecule has 1 aromatic heterocycles. The Morgan fingerprint density at radius 1 is 1.62 bits per heavy atom. The molecule has 0 aromatic carbocycles. The van der Waals surface area contributed by atoms with Crippen LogP contribution in [0.5, 0.6) is 0 Å². The van der Waals surface area contributed by atoms with E-state index in [9.17, 15) is 9.59 Å². The summed E-state index contributed by atoms with van der Waals surface area (Å²) in [7, 11) is 0. The molecule has 1 aliphatic heterocycles. The number of carboxylic acid groups (broad SMARTS) is 1. The second-order valence-corrected chi connectivity index (χ2v) is 6.78. The van der Waals surface area contributed by atoms with Crippen molar-refractivity contribution in [1.82, 2.24) is 15.2 Å². The molecule has 0 radical (unpaired) electrons. The van der Waals surface area contributed by atoms with Crippen LogP contribution in [0.2, 0.25) is 0 Å². The van der Waals surface area contributed by atoms with Gasteiger partial charge in [0.15, 0.2) is 0 Å². The van der Waals surface area contributed by atoms with Crippen molar-refractivity contribution in [1.29, 1.82) is 0 Å². The second-order valence-electron chi connectivity index (χ2n) is 5.51. The molecule has 2 atom stereocenters. The maximum Gasteiger partial charge on any atom is 0.317 e. The number of carbonyl (C=O) groups is 2. The zero-order valence-electron chi connectivity index (χ0n) is 12.3. The minimum atomic E-state index is -0.773.